The molecule has 1 aromatic carbocycles. The van der Waals surface area contributed by atoms with Crippen LogP contribution in [0.4, 0.5) is 10.8 Å². The van der Waals surface area contributed by atoms with E-state index in [-0.39, 0.29) is 11.6 Å². The molecular formula is C12H10N4OS. The number of nitrogen functional groups attached to an aromatic ring is 1. The Morgan fingerprint density at radius 2 is 2.33 bits per heavy atom. The summed E-state index contributed by atoms with van der Waals surface area (Å²) in [4.78, 5) is 15.8. The van der Waals surface area contributed by atoms with Crippen LogP contribution >= 0.6 is 11.3 Å². The maximum Gasteiger partial charge on any atom is 0.275 e. The van der Waals surface area contributed by atoms with Crippen LogP contribution in [0.3, 0.4) is 0 Å². The van der Waals surface area contributed by atoms with Gasteiger partial charge in [0.1, 0.15) is 5.69 Å². The lowest BCUT2D eigenvalue weighted by molar-refractivity contribution is 0.102. The van der Waals surface area contributed by atoms with Gasteiger partial charge >= 0.3 is 0 Å². The fourth-order valence-electron chi connectivity index (χ4n) is 1.40. The number of nitriles is 1. The third-order valence-electron chi connectivity index (χ3n) is 2.37. The summed E-state index contributed by atoms with van der Waals surface area (Å²) in [7, 11) is 0. The molecule has 0 fully saturated rings. The average Bonchev–Trinajstić information content (AvgIpc) is 2.79. The summed E-state index contributed by atoms with van der Waals surface area (Å²) in [6.45, 7) is 1.85. The van der Waals surface area contributed by atoms with Gasteiger partial charge < -0.3 is 11.1 Å². The molecule has 1 heterocycles. The number of aryl methyl sites for hydroxylation is 1. The number of nitrogens with zero attached hydrogens (tertiary/aromatic N) is 2. The predicted molar refractivity (Wildman–Crippen MR) is 70.4 cm³/mol. The monoisotopic (exact) mass is 258 g/mol. The molecule has 0 aliphatic carbocycles. The molecule has 0 unspecified atom stereocenters. The molecule has 0 bridgehead atoms. The Labute approximate surface area is 108 Å². The second-order valence-electron chi connectivity index (χ2n) is 3.67. The molecule has 3 N–H and O–H groups in total. The van der Waals surface area contributed by atoms with Gasteiger partial charge in [-0.3, -0.25) is 4.79 Å². The highest BCUT2D eigenvalue weighted by molar-refractivity contribution is 7.13. The first-order valence-electron chi connectivity index (χ1n) is 5.13. The number of amides is 1. The van der Waals surface area contributed by atoms with E-state index in [1.165, 1.54) is 11.3 Å². The van der Waals surface area contributed by atoms with Gasteiger partial charge in [-0.25, -0.2) is 4.98 Å². The van der Waals surface area contributed by atoms with Crippen LogP contribution < -0.4 is 11.1 Å². The zero-order valence-electron chi connectivity index (χ0n) is 9.60. The number of benzene rings is 1. The minimum absolute atomic E-state index is 0.277. The van der Waals surface area contributed by atoms with Gasteiger partial charge in [-0.15, -0.1) is 11.3 Å². The van der Waals surface area contributed by atoms with Gasteiger partial charge in [-0.1, -0.05) is 6.07 Å². The molecule has 0 atom stereocenters. The summed E-state index contributed by atoms with van der Waals surface area (Å²) in [5.74, 6) is -0.332. The van der Waals surface area contributed by atoms with Crippen molar-refractivity contribution in [2.75, 3.05) is 11.1 Å². The molecule has 0 saturated heterocycles. The van der Waals surface area contributed by atoms with Crippen molar-refractivity contribution < 1.29 is 4.79 Å². The molecule has 0 saturated carbocycles. The van der Waals surface area contributed by atoms with E-state index in [9.17, 15) is 4.79 Å². The molecule has 6 heteroatoms. The van der Waals surface area contributed by atoms with Crippen LogP contribution in [-0.2, 0) is 0 Å². The number of nitrogens with one attached hydrogen (secondary N) is 1. The van der Waals surface area contributed by atoms with Crippen molar-refractivity contribution in [1.82, 2.24) is 4.98 Å². The topological polar surface area (TPSA) is 91.8 Å². The quantitative estimate of drug-likeness (QED) is 0.863. The minimum atomic E-state index is -0.332. The highest BCUT2D eigenvalue weighted by atomic mass is 32.1. The first-order valence-corrected chi connectivity index (χ1v) is 6.01. The highest BCUT2D eigenvalue weighted by Crippen LogP contribution is 2.18. The Hall–Kier alpha value is -2.39. The van der Waals surface area contributed by atoms with Crippen LogP contribution in [0.1, 0.15) is 21.6 Å². The lowest BCUT2D eigenvalue weighted by Crippen LogP contribution is -2.13. The predicted octanol–water partition coefficient (Wildman–Crippen LogP) is 2.16. The number of hydrogen-bond acceptors (Lipinski definition) is 5. The number of hydrogen-bond donors (Lipinski definition) is 2. The molecule has 90 valence electrons. The second kappa shape index (κ2) is 4.85. The Kier molecular flexibility index (Phi) is 3.26. The summed E-state index contributed by atoms with van der Waals surface area (Å²) >= 11 is 1.21. The largest absolute Gasteiger partial charge is 0.375 e. The van der Waals surface area contributed by atoms with E-state index in [0.29, 0.717) is 16.4 Å². The Morgan fingerprint density at radius 3 is 2.94 bits per heavy atom. The van der Waals surface area contributed by atoms with Crippen molar-refractivity contribution in [2.45, 2.75) is 6.92 Å². The van der Waals surface area contributed by atoms with Crippen LogP contribution in [0, 0.1) is 18.3 Å². The van der Waals surface area contributed by atoms with Gasteiger partial charge in [-0.05, 0) is 24.6 Å². The Morgan fingerprint density at radius 1 is 1.56 bits per heavy atom. The number of aromatic nitrogens is 1. The molecule has 2 aromatic rings. The van der Waals surface area contributed by atoms with Crippen LogP contribution in [0.15, 0.2) is 23.6 Å². The molecule has 5 nitrogen and oxygen atoms in total. The number of rotatable bonds is 2. The third kappa shape index (κ3) is 2.47. The molecule has 0 radical (unpaired) electrons. The van der Waals surface area contributed by atoms with Crippen molar-refractivity contribution in [3.05, 3.63) is 40.4 Å². The van der Waals surface area contributed by atoms with Gasteiger partial charge in [0.2, 0.25) is 0 Å². The SMILES string of the molecule is Cc1ccc(C#N)cc1NC(=O)c1csc(N)n1. The van der Waals surface area contributed by atoms with Gasteiger partial charge in [0.05, 0.1) is 11.6 Å². The highest BCUT2D eigenvalue weighted by Gasteiger charge is 2.11. The first-order chi connectivity index (χ1) is 8.60. The maximum atomic E-state index is 11.9. The van der Waals surface area contributed by atoms with Gasteiger partial charge in [0.25, 0.3) is 5.91 Å². The van der Waals surface area contributed by atoms with Crippen LogP contribution in [0.2, 0.25) is 0 Å². The smallest absolute Gasteiger partial charge is 0.275 e. The fourth-order valence-corrected chi connectivity index (χ4v) is 1.95. The van der Waals surface area contributed by atoms with E-state index in [4.69, 9.17) is 11.0 Å². The number of carbonyl (C=O) groups is 1. The van der Waals surface area contributed by atoms with Crippen LogP contribution in [-0.4, -0.2) is 10.9 Å². The minimum Gasteiger partial charge on any atom is -0.375 e. The summed E-state index contributed by atoms with van der Waals surface area (Å²) in [5.41, 5.74) is 7.72. The van der Waals surface area contributed by atoms with Gasteiger partial charge in [-0.2, -0.15) is 5.26 Å². The second-order valence-corrected chi connectivity index (χ2v) is 4.56. The van der Waals surface area contributed by atoms with Crippen LogP contribution in [0.25, 0.3) is 0 Å². The standard InChI is InChI=1S/C12H10N4OS/c1-7-2-3-8(5-13)4-9(7)15-11(17)10-6-18-12(14)16-10/h2-4,6H,1H3,(H2,14,16)(H,15,17). The lowest BCUT2D eigenvalue weighted by atomic mass is 10.1. The van der Waals surface area contributed by atoms with E-state index in [1.807, 2.05) is 13.0 Å². The van der Waals surface area contributed by atoms with E-state index < -0.39 is 0 Å². The molecule has 0 aliphatic rings. The van der Waals surface area contributed by atoms with Gasteiger partial charge in [0.15, 0.2) is 5.13 Å². The summed E-state index contributed by atoms with van der Waals surface area (Å²) < 4.78 is 0. The van der Waals surface area contributed by atoms with Gasteiger partial charge in [0, 0.05) is 11.1 Å². The first kappa shape index (κ1) is 12.1. The number of carbonyl (C=O) groups excluding carboxylic acids is 1. The van der Waals surface area contributed by atoms with E-state index in [1.54, 1.807) is 23.6 Å². The van der Waals surface area contributed by atoms with Crippen molar-refractivity contribution >= 4 is 28.1 Å². The fraction of sp³-hybridized carbons (Fsp3) is 0.0833. The van der Waals surface area contributed by atoms with E-state index in [0.717, 1.165) is 5.56 Å². The number of anilines is 2. The Bertz CT molecular complexity index is 642. The van der Waals surface area contributed by atoms with Crippen molar-refractivity contribution in [1.29, 1.82) is 5.26 Å². The zero-order valence-corrected chi connectivity index (χ0v) is 10.4. The van der Waals surface area contributed by atoms with Crippen molar-refractivity contribution in [2.24, 2.45) is 0 Å². The Balaban J connectivity index is 2.24. The van der Waals surface area contributed by atoms with Crippen molar-refractivity contribution in [3.8, 4) is 6.07 Å². The summed E-state index contributed by atoms with van der Waals surface area (Å²) in [6, 6.07) is 7.14. The third-order valence-corrected chi connectivity index (χ3v) is 3.04. The molecule has 0 aliphatic heterocycles. The molecule has 1 amide bonds. The molecule has 1 aromatic heterocycles. The number of nitrogens with two attached hydrogens (primary N) is 1. The van der Waals surface area contributed by atoms with E-state index in [2.05, 4.69) is 10.3 Å². The average molecular weight is 258 g/mol. The van der Waals surface area contributed by atoms with Crippen molar-refractivity contribution in [3.63, 3.8) is 0 Å². The molecule has 2 rings (SSSR count). The summed E-state index contributed by atoms with van der Waals surface area (Å²) in [5, 5.41) is 13.5. The summed E-state index contributed by atoms with van der Waals surface area (Å²) in [6.07, 6.45) is 0. The maximum absolute atomic E-state index is 11.9. The van der Waals surface area contributed by atoms with E-state index >= 15 is 0 Å². The lowest BCUT2D eigenvalue weighted by Gasteiger charge is -2.07. The number of thiazole rings is 1. The normalized spacial score (nSPS) is 9.78. The molecular weight excluding hydrogens is 248 g/mol. The zero-order chi connectivity index (χ0) is 13.1. The van der Waals surface area contributed by atoms with Crippen LogP contribution in [0.5, 0.6) is 0 Å². The molecule has 18 heavy (non-hydrogen) atoms. The molecule has 0 spiro atoms.